The van der Waals surface area contributed by atoms with E-state index in [1.165, 1.54) is 25.6 Å². The van der Waals surface area contributed by atoms with Gasteiger partial charge in [-0.25, -0.2) is 9.97 Å². The monoisotopic (exact) mass is 227 g/mol. The van der Waals surface area contributed by atoms with Gasteiger partial charge in [0.1, 0.15) is 6.33 Å². The van der Waals surface area contributed by atoms with Crippen LogP contribution in [0.4, 0.5) is 5.82 Å². The summed E-state index contributed by atoms with van der Waals surface area (Å²) in [5, 5.41) is 0.369. The molecule has 1 aliphatic carbocycles. The van der Waals surface area contributed by atoms with Crippen molar-refractivity contribution in [3.63, 3.8) is 0 Å². The maximum Gasteiger partial charge on any atom is 0.199 e. The van der Waals surface area contributed by atoms with Crippen LogP contribution in [0.3, 0.4) is 0 Å². The van der Waals surface area contributed by atoms with Gasteiger partial charge in [0.25, 0.3) is 0 Å². The SMILES string of the molecule is COc1c(Cl)ncnc1N(C)C1CCC1. The summed E-state index contributed by atoms with van der Waals surface area (Å²) in [5.41, 5.74) is 0. The molecule has 1 fully saturated rings. The molecule has 82 valence electrons. The second kappa shape index (κ2) is 4.23. The Morgan fingerprint density at radius 1 is 1.47 bits per heavy atom. The fourth-order valence-corrected chi connectivity index (χ4v) is 1.92. The fraction of sp³-hybridized carbons (Fsp3) is 0.600. The summed E-state index contributed by atoms with van der Waals surface area (Å²) in [4.78, 5) is 10.2. The van der Waals surface area contributed by atoms with Crippen molar-refractivity contribution < 1.29 is 4.74 Å². The van der Waals surface area contributed by atoms with Gasteiger partial charge in [-0.3, -0.25) is 0 Å². The van der Waals surface area contributed by atoms with Crippen LogP contribution >= 0.6 is 11.6 Å². The van der Waals surface area contributed by atoms with E-state index in [0.717, 1.165) is 5.82 Å². The van der Waals surface area contributed by atoms with E-state index in [0.29, 0.717) is 16.9 Å². The van der Waals surface area contributed by atoms with Gasteiger partial charge >= 0.3 is 0 Å². The molecule has 1 aromatic heterocycles. The van der Waals surface area contributed by atoms with Crippen molar-refractivity contribution in [1.29, 1.82) is 0 Å². The molecule has 4 nitrogen and oxygen atoms in total. The highest BCUT2D eigenvalue weighted by molar-refractivity contribution is 6.31. The first-order valence-electron chi connectivity index (χ1n) is 5.01. The van der Waals surface area contributed by atoms with Crippen LogP contribution in [0.5, 0.6) is 5.75 Å². The standard InChI is InChI=1S/C10H14ClN3O/c1-14(7-4-3-5-7)10-8(15-2)9(11)12-6-13-10/h6-7H,3-5H2,1-2H3. The maximum atomic E-state index is 5.94. The summed E-state index contributed by atoms with van der Waals surface area (Å²) in [5.74, 6) is 1.34. The van der Waals surface area contributed by atoms with E-state index in [9.17, 15) is 0 Å². The molecule has 0 bridgehead atoms. The Bertz CT molecular complexity index is 355. The van der Waals surface area contributed by atoms with E-state index in [1.54, 1.807) is 7.11 Å². The molecule has 0 aliphatic heterocycles. The lowest BCUT2D eigenvalue weighted by molar-refractivity contribution is 0.382. The van der Waals surface area contributed by atoms with Crippen LogP contribution in [0, 0.1) is 0 Å². The number of hydrogen-bond acceptors (Lipinski definition) is 4. The minimum atomic E-state index is 0.369. The molecule has 0 unspecified atom stereocenters. The average molecular weight is 228 g/mol. The third-order valence-electron chi connectivity index (χ3n) is 2.90. The van der Waals surface area contributed by atoms with E-state index in [4.69, 9.17) is 16.3 Å². The average Bonchev–Trinajstić information content (AvgIpc) is 2.14. The van der Waals surface area contributed by atoms with E-state index in [1.807, 2.05) is 7.05 Å². The molecule has 1 saturated carbocycles. The molecular formula is C10H14ClN3O. The molecule has 0 radical (unpaired) electrons. The van der Waals surface area contributed by atoms with Crippen LogP contribution in [0.15, 0.2) is 6.33 Å². The van der Waals surface area contributed by atoms with Crippen molar-refractivity contribution in [3.05, 3.63) is 11.5 Å². The van der Waals surface area contributed by atoms with Gasteiger partial charge in [-0.2, -0.15) is 0 Å². The predicted molar refractivity (Wildman–Crippen MR) is 59.6 cm³/mol. The first kappa shape index (κ1) is 10.5. The van der Waals surface area contributed by atoms with Crippen molar-refractivity contribution in [1.82, 2.24) is 9.97 Å². The topological polar surface area (TPSA) is 38.3 Å². The molecule has 0 amide bonds. The van der Waals surface area contributed by atoms with Gasteiger partial charge < -0.3 is 9.64 Å². The molecule has 0 atom stereocenters. The van der Waals surface area contributed by atoms with E-state index < -0.39 is 0 Å². The van der Waals surface area contributed by atoms with Crippen molar-refractivity contribution in [2.45, 2.75) is 25.3 Å². The third kappa shape index (κ3) is 1.86. The number of methoxy groups -OCH3 is 1. The number of ether oxygens (including phenoxy) is 1. The Morgan fingerprint density at radius 3 is 2.73 bits per heavy atom. The van der Waals surface area contributed by atoms with Gasteiger partial charge in [-0.05, 0) is 19.3 Å². The van der Waals surface area contributed by atoms with Crippen LogP contribution in [-0.2, 0) is 0 Å². The number of nitrogens with zero attached hydrogens (tertiary/aromatic N) is 3. The summed E-state index contributed by atoms with van der Waals surface area (Å²) in [7, 11) is 3.60. The second-order valence-electron chi connectivity index (χ2n) is 3.72. The first-order valence-corrected chi connectivity index (χ1v) is 5.39. The van der Waals surface area contributed by atoms with Crippen LogP contribution in [-0.4, -0.2) is 30.2 Å². The molecule has 5 heteroatoms. The van der Waals surface area contributed by atoms with E-state index >= 15 is 0 Å². The van der Waals surface area contributed by atoms with Crippen LogP contribution < -0.4 is 9.64 Å². The van der Waals surface area contributed by atoms with Crippen LogP contribution in [0.25, 0.3) is 0 Å². The lowest BCUT2D eigenvalue weighted by Crippen LogP contribution is -2.37. The maximum absolute atomic E-state index is 5.94. The van der Waals surface area contributed by atoms with Crippen molar-refractivity contribution >= 4 is 17.4 Å². The highest BCUT2D eigenvalue weighted by Gasteiger charge is 2.26. The highest BCUT2D eigenvalue weighted by Crippen LogP contribution is 2.35. The number of hydrogen-bond donors (Lipinski definition) is 0. The van der Waals surface area contributed by atoms with Crippen molar-refractivity contribution in [2.24, 2.45) is 0 Å². The molecule has 1 aromatic rings. The zero-order chi connectivity index (χ0) is 10.8. The Kier molecular flexibility index (Phi) is 2.95. The predicted octanol–water partition coefficient (Wildman–Crippen LogP) is 2.13. The molecule has 1 heterocycles. The summed E-state index contributed by atoms with van der Waals surface area (Å²) < 4.78 is 5.22. The Labute approximate surface area is 94.2 Å². The quantitative estimate of drug-likeness (QED) is 0.742. The fourth-order valence-electron chi connectivity index (χ4n) is 1.72. The Morgan fingerprint density at radius 2 is 2.20 bits per heavy atom. The second-order valence-corrected chi connectivity index (χ2v) is 4.07. The van der Waals surface area contributed by atoms with Gasteiger partial charge in [0.2, 0.25) is 0 Å². The van der Waals surface area contributed by atoms with Crippen molar-refractivity contribution in [3.8, 4) is 5.75 Å². The summed E-state index contributed by atoms with van der Waals surface area (Å²) in [6, 6.07) is 0.560. The van der Waals surface area contributed by atoms with E-state index in [2.05, 4.69) is 14.9 Å². The molecule has 0 N–H and O–H groups in total. The minimum Gasteiger partial charge on any atom is -0.490 e. The number of aromatic nitrogens is 2. The van der Waals surface area contributed by atoms with Gasteiger partial charge in [0.05, 0.1) is 7.11 Å². The summed E-state index contributed by atoms with van der Waals surface area (Å²) in [6.07, 6.45) is 5.17. The van der Waals surface area contributed by atoms with Gasteiger partial charge in [0.15, 0.2) is 16.7 Å². The molecular weight excluding hydrogens is 214 g/mol. The van der Waals surface area contributed by atoms with Crippen molar-refractivity contribution in [2.75, 3.05) is 19.1 Å². The Balaban J connectivity index is 2.29. The number of anilines is 1. The minimum absolute atomic E-state index is 0.369. The molecule has 1 aliphatic rings. The summed E-state index contributed by atoms with van der Waals surface area (Å²) >= 11 is 5.94. The van der Waals surface area contributed by atoms with Gasteiger partial charge in [-0.15, -0.1) is 0 Å². The normalized spacial score (nSPS) is 15.9. The van der Waals surface area contributed by atoms with Crippen LogP contribution in [0.2, 0.25) is 5.15 Å². The van der Waals surface area contributed by atoms with E-state index in [-0.39, 0.29) is 0 Å². The first-order chi connectivity index (χ1) is 7.24. The summed E-state index contributed by atoms with van der Waals surface area (Å²) in [6.45, 7) is 0. The lowest BCUT2D eigenvalue weighted by atomic mass is 9.92. The molecule has 0 saturated heterocycles. The lowest BCUT2D eigenvalue weighted by Gasteiger charge is -2.35. The number of rotatable bonds is 3. The zero-order valence-corrected chi connectivity index (χ0v) is 9.66. The Hall–Kier alpha value is -1.03. The zero-order valence-electron chi connectivity index (χ0n) is 8.90. The molecule has 0 spiro atoms. The third-order valence-corrected chi connectivity index (χ3v) is 3.17. The molecule has 15 heavy (non-hydrogen) atoms. The molecule has 0 aromatic carbocycles. The molecule has 2 rings (SSSR count). The number of halogens is 1. The smallest absolute Gasteiger partial charge is 0.199 e. The van der Waals surface area contributed by atoms with Gasteiger partial charge in [0, 0.05) is 13.1 Å². The highest BCUT2D eigenvalue weighted by atomic mass is 35.5. The largest absolute Gasteiger partial charge is 0.490 e. The van der Waals surface area contributed by atoms with Gasteiger partial charge in [-0.1, -0.05) is 11.6 Å². The van der Waals surface area contributed by atoms with Crippen LogP contribution in [0.1, 0.15) is 19.3 Å².